The average molecular weight is 283 g/mol. The van der Waals surface area contributed by atoms with E-state index in [0.717, 1.165) is 5.69 Å². The summed E-state index contributed by atoms with van der Waals surface area (Å²) in [4.78, 5) is 16.2. The zero-order chi connectivity index (χ0) is 13.1. The topological polar surface area (TPSA) is 51.2 Å². The molecule has 6 heteroatoms. The Morgan fingerprint density at radius 3 is 2.94 bits per heavy atom. The lowest BCUT2D eigenvalue weighted by atomic mass is 10.3. The van der Waals surface area contributed by atoms with Crippen molar-refractivity contribution in [3.8, 4) is 0 Å². The summed E-state index contributed by atoms with van der Waals surface area (Å²) in [6, 6.07) is 7.29. The molecule has 0 amide bonds. The molecular weight excluding hydrogens is 272 g/mol. The third-order valence-electron chi connectivity index (χ3n) is 2.24. The summed E-state index contributed by atoms with van der Waals surface area (Å²) >= 11 is 7.14. The Bertz CT molecular complexity index is 583. The predicted octanol–water partition coefficient (Wildman–Crippen LogP) is 3.64. The highest BCUT2D eigenvalue weighted by Crippen LogP contribution is 2.27. The van der Waals surface area contributed by atoms with E-state index in [9.17, 15) is 4.79 Å². The fraction of sp³-hybridized carbons (Fsp3) is 0.167. The molecular formula is C12H11ClN2O2S. The Balaban J connectivity index is 2.23. The minimum absolute atomic E-state index is 0.371. The molecule has 1 heterocycles. The van der Waals surface area contributed by atoms with Crippen molar-refractivity contribution in [2.45, 2.75) is 6.92 Å². The number of hydrogen-bond acceptors (Lipinski definition) is 5. The number of aromatic nitrogens is 1. The van der Waals surface area contributed by atoms with Gasteiger partial charge < -0.3 is 10.1 Å². The number of rotatable bonds is 3. The van der Waals surface area contributed by atoms with Crippen molar-refractivity contribution < 1.29 is 9.53 Å². The number of hydrogen-bond donors (Lipinski definition) is 1. The Labute approximate surface area is 114 Å². The molecule has 1 aromatic heterocycles. The number of ether oxygens (including phenoxy) is 1. The lowest BCUT2D eigenvalue weighted by molar-refractivity contribution is 0.0605. The van der Waals surface area contributed by atoms with Crippen LogP contribution in [0.3, 0.4) is 0 Å². The maximum atomic E-state index is 11.5. The molecule has 0 saturated carbocycles. The Morgan fingerprint density at radius 1 is 1.50 bits per heavy atom. The van der Waals surface area contributed by atoms with Gasteiger partial charge in [-0.05, 0) is 25.1 Å². The molecule has 0 saturated heterocycles. The maximum absolute atomic E-state index is 11.5. The van der Waals surface area contributed by atoms with Crippen LogP contribution >= 0.6 is 22.9 Å². The minimum atomic E-state index is -0.371. The monoisotopic (exact) mass is 282 g/mol. The Kier molecular flexibility index (Phi) is 3.84. The van der Waals surface area contributed by atoms with Crippen LogP contribution in [0.15, 0.2) is 24.3 Å². The zero-order valence-electron chi connectivity index (χ0n) is 9.86. The quantitative estimate of drug-likeness (QED) is 0.873. The summed E-state index contributed by atoms with van der Waals surface area (Å²) in [6.07, 6.45) is 0. The minimum Gasteiger partial charge on any atom is -0.465 e. The van der Waals surface area contributed by atoms with E-state index in [2.05, 4.69) is 15.0 Å². The first-order valence-electron chi connectivity index (χ1n) is 5.18. The van der Waals surface area contributed by atoms with E-state index in [4.69, 9.17) is 11.6 Å². The summed E-state index contributed by atoms with van der Waals surface area (Å²) in [5, 5.41) is 4.37. The second-order valence-corrected chi connectivity index (χ2v) is 5.00. The van der Waals surface area contributed by atoms with Crippen LogP contribution in [0.1, 0.15) is 15.4 Å². The molecule has 0 atom stereocenters. The van der Waals surface area contributed by atoms with E-state index in [0.29, 0.717) is 20.7 Å². The highest BCUT2D eigenvalue weighted by atomic mass is 35.5. The molecule has 1 aromatic carbocycles. The number of carbonyl (C=O) groups is 1. The van der Waals surface area contributed by atoms with E-state index >= 15 is 0 Å². The fourth-order valence-corrected chi connectivity index (χ4v) is 2.52. The highest BCUT2D eigenvalue weighted by Gasteiger charge is 2.15. The van der Waals surface area contributed by atoms with Gasteiger partial charge in [-0.25, -0.2) is 9.78 Å². The van der Waals surface area contributed by atoms with E-state index in [1.165, 1.54) is 18.4 Å². The number of thiazole rings is 1. The Morgan fingerprint density at radius 2 is 2.28 bits per heavy atom. The third kappa shape index (κ3) is 2.80. The second kappa shape index (κ2) is 5.37. The SMILES string of the molecule is COC(=O)c1sc(Nc2cccc(Cl)c2)nc1C. The lowest BCUT2D eigenvalue weighted by Crippen LogP contribution is -1.99. The van der Waals surface area contributed by atoms with Gasteiger partial charge in [-0.1, -0.05) is 29.0 Å². The average Bonchev–Trinajstić information content (AvgIpc) is 2.69. The van der Waals surface area contributed by atoms with Crippen LogP contribution in [0, 0.1) is 6.92 Å². The molecule has 0 aliphatic heterocycles. The van der Waals surface area contributed by atoms with Crippen molar-refractivity contribution in [1.29, 1.82) is 0 Å². The largest absolute Gasteiger partial charge is 0.465 e. The first-order chi connectivity index (χ1) is 8.60. The lowest BCUT2D eigenvalue weighted by Gasteiger charge is -2.01. The third-order valence-corrected chi connectivity index (χ3v) is 3.53. The molecule has 0 bridgehead atoms. The van der Waals surface area contributed by atoms with Crippen LogP contribution in [0.5, 0.6) is 0 Å². The fourth-order valence-electron chi connectivity index (χ4n) is 1.42. The molecule has 0 fully saturated rings. The van der Waals surface area contributed by atoms with E-state index < -0.39 is 0 Å². The number of esters is 1. The highest BCUT2D eigenvalue weighted by molar-refractivity contribution is 7.17. The molecule has 0 radical (unpaired) electrons. The predicted molar refractivity (Wildman–Crippen MR) is 72.9 cm³/mol. The van der Waals surface area contributed by atoms with Crippen LogP contribution < -0.4 is 5.32 Å². The molecule has 0 aliphatic carbocycles. The number of aryl methyl sites for hydroxylation is 1. The number of anilines is 2. The molecule has 0 aliphatic rings. The Hall–Kier alpha value is -1.59. The van der Waals surface area contributed by atoms with Gasteiger partial charge in [0.15, 0.2) is 5.13 Å². The molecule has 94 valence electrons. The van der Waals surface area contributed by atoms with Gasteiger partial charge >= 0.3 is 5.97 Å². The van der Waals surface area contributed by atoms with Gasteiger partial charge in [-0.2, -0.15) is 0 Å². The molecule has 0 unspecified atom stereocenters. The van der Waals surface area contributed by atoms with Gasteiger partial charge in [0.2, 0.25) is 0 Å². The van der Waals surface area contributed by atoms with E-state index in [1.807, 2.05) is 12.1 Å². The van der Waals surface area contributed by atoms with Gasteiger partial charge in [0.05, 0.1) is 12.8 Å². The number of nitrogens with zero attached hydrogens (tertiary/aromatic N) is 1. The first kappa shape index (κ1) is 12.9. The molecule has 0 spiro atoms. The van der Waals surface area contributed by atoms with Crippen LogP contribution in [-0.2, 0) is 4.74 Å². The number of methoxy groups -OCH3 is 1. The van der Waals surface area contributed by atoms with Gasteiger partial charge in [0, 0.05) is 10.7 Å². The van der Waals surface area contributed by atoms with Crippen molar-refractivity contribution in [1.82, 2.24) is 4.98 Å². The van der Waals surface area contributed by atoms with Gasteiger partial charge in [0.25, 0.3) is 0 Å². The van der Waals surface area contributed by atoms with E-state index in [-0.39, 0.29) is 5.97 Å². The van der Waals surface area contributed by atoms with Crippen molar-refractivity contribution in [2.24, 2.45) is 0 Å². The normalized spacial score (nSPS) is 10.2. The summed E-state index contributed by atoms with van der Waals surface area (Å²) in [5.41, 5.74) is 1.48. The van der Waals surface area contributed by atoms with Crippen LogP contribution in [0.4, 0.5) is 10.8 Å². The number of benzene rings is 1. The van der Waals surface area contributed by atoms with Crippen molar-refractivity contribution in [3.63, 3.8) is 0 Å². The zero-order valence-corrected chi connectivity index (χ0v) is 11.4. The molecule has 2 aromatic rings. The molecule has 18 heavy (non-hydrogen) atoms. The van der Waals surface area contributed by atoms with Crippen molar-refractivity contribution >= 4 is 39.7 Å². The number of carbonyl (C=O) groups excluding carboxylic acids is 1. The van der Waals surface area contributed by atoms with Crippen LogP contribution in [-0.4, -0.2) is 18.1 Å². The molecule has 2 rings (SSSR count). The van der Waals surface area contributed by atoms with Gasteiger partial charge in [-0.3, -0.25) is 0 Å². The summed E-state index contributed by atoms with van der Waals surface area (Å²) < 4.78 is 4.68. The van der Waals surface area contributed by atoms with E-state index in [1.54, 1.807) is 19.1 Å². The van der Waals surface area contributed by atoms with Crippen LogP contribution in [0.2, 0.25) is 5.02 Å². The van der Waals surface area contributed by atoms with Gasteiger partial charge in [0.1, 0.15) is 4.88 Å². The smallest absolute Gasteiger partial charge is 0.350 e. The maximum Gasteiger partial charge on any atom is 0.350 e. The van der Waals surface area contributed by atoms with Crippen molar-refractivity contribution in [2.75, 3.05) is 12.4 Å². The first-order valence-corrected chi connectivity index (χ1v) is 6.38. The van der Waals surface area contributed by atoms with Crippen LogP contribution in [0.25, 0.3) is 0 Å². The summed E-state index contributed by atoms with van der Waals surface area (Å²) in [7, 11) is 1.35. The standard InChI is InChI=1S/C12H11ClN2O2S/c1-7-10(11(16)17-2)18-12(14-7)15-9-5-3-4-8(13)6-9/h3-6H,1-2H3,(H,14,15). The molecule has 4 nitrogen and oxygen atoms in total. The molecule has 1 N–H and O–H groups in total. The summed E-state index contributed by atoms with van der Waals surface area (Å²) in [5.74, 6) is -0.371. The summed E-state index contributed by atoms with van der Waals surface area (Å²) in [6.45, 7) is 1.77. The second-order valence-electron chi connectivity index (χ2n) is 3.56. The number of halogens is 1. The number of nitrogens with one attached hydrogen (secondary N) is 1. The van der Waals surface area contributed by atoms with Gasteiger partial charge in [-0.15, -0.1) is 0 Å². The van der Waals surface area contributed by atoms with Crippen molar-refractivity contribution in [3.05, 3.63) is 39.9 Å².